The lowest BCUT2D eigenvalue weighted by Gasteiger charge is -2.45. The molecule has 2 fully saturated rings. The van der Waals surface area contributed by atoms with E-state index in [0.717, 1.165) is 11.6 Å². The summed E-state index contributed by atoms with van der Waals surface area (Å²) in [5.41, 5.74) is 0.546. The van der Waals surface area contributed by atoms with E-state index in [1.165, 1.54) is 21.0 Å². The summed E-state index contributed by atoms with van der Waals surface area (Å²) in [4.78, 5) is 14.2. The average molecular weight is 661 g/mol. The van der Waals surface area contributed by atoms with Crippen LogP contribution >= 0.6 is 0 Å². The molecule has 7 N–H and O–H groups in total. The van der Waals surface area contributed by atoms with E-state index >= 15 is 0 Å². The number of fused-ring (bicyclic) bond motifs is 1. The largest absolute Gasteiger partial charge is 0.507 e. The van der Waals surface area contributed by atoms with Gasteiger partial charge in [-0.25, -0.2) is 0 Å². The van der Waals surface area contributed by atoms with E-state index in [-0.39, 0.29) is 34.5 Å². The van der Waals surface area contributed by atoms with Crippen molar-refractivity contribution in [2.75, 3.05) is 7.11 Å². The molecule has 0 spiro atoms. The molecule has 0 amide bonds. The Morgan fingerprint density at radius 2 is 1.47 bits per heavy atom. The van der Waals surface area contributed by atoms with Crippen LogP contribution in [0.4, 0.5) is 0 Å². The van der Waals surface area contributed by atoms with Crippen LogP contribution in [0.25, 0.3) is 22.3 Å². The second-order valence-electron chi connectivity index (χ2n) is 12.0. The summed E-state index contributed by atoms with van der Waals surface area (Å²) in [7, 11) is 1.48. The van der Waals surface area contributed by atoms with Crippen LogP contribution in [0.1, 0.15) is 33.3 Å². The van der Waals surface area contributed by atoms with Gasteiger partial charge in [-0.3, -0.25) is 4.79 Å². The molecule has 14 nitrogen and oxygen atoms in total. The lowest BCUT2D eigenvalue weighted by molar-refractivity contribution is -0.352. The van der Waals surface area contributed by atoms with Crippen LogP contribution in [0.5, 0.6) is 23.0 Å². The van der Waals surface area contributed by atoms with Crippen LogP contribution in [0.2, 0.25) is 0 Å². The Morgan fingerprint density at radius 3 is 2.09 bits per heavy atom. The molecule has 0 radical (unpaired) electrons. The summed E-state index contributed by atoms with van der Waals surface area (Å²) in [5.74, 6) is -0.987. The number of phenols is 2. The minimum absolute atomic E-state index is 0.0929. The second-order valence-corrected chi connectivity index (χ2v) is 12.0. The SMILES string of the molecule is COc1ccc(-c2oc3c(CC=C(C)C)c(O)cc(O)c3c(=O)c2O[C@@H]2O[C@H](C)[C@H](O)[C@@H](O)[C@@H]2O[C@@H]2O[C@H](C)[C@H](O)[C@@H](O)[C@H]2O)cc1. The van der Waals surface area contributed by atoms with Gasteiger partial charge in [0, 0.05) is 17.2 Å². The Balaban J connectivity index is 1.65. The van der Waals surface area contributed by atoms with Gasteiger partial charge in [-0.1, -0.05) is 11.6 Å². The Kier molecular flexibility index (Phi) is 10.1. The summed E-state index contributed by atoms with van der Waals surface area (Å²) in [6.07, 6.45) is -13.0. The summed E-state index contributed by atoms with van der Waals surface area (Å²) in [5, 5.41) is 74.0. The predicted molar refractivity (Wildman–Crippen MR) is 165 cm³/mol. The van der Waals surface area contributed by atoms with E-state index < -0.39 is 78.3 Å². The van der Waals surface area contributed by atoms with Gasteiger partial charge in [-0.15, -0.1) is 0 Å². The predicted octanol–water partition coefficient (Wildman–Crippen LogP) is 1.45. The quantitative estimate of drug-likeness (QED) is 0.170. The lowest BCUT2D eigenvalue weighted by atomic mass is 9.98. The first-order chi connectivity index (χ1) is 22.2. The summed E-state index contributed by atoms with van der Waals surface area (Å²) < 4.78 is 34.9. The molecule has 256 valence electrons. The molecule has 2 aromatic carbocycles. The Labute approximate surface area is 269 Å². The van der Waals surface area contributed by atoms with Crippen LogP contribution in [0.15, 0.2) is 51.2 Å². The first kappa shape index (κ1) is 34.6. The third kappa shape index (κ3) is 6.68. The van der Waals surface area contributed by atoms with Crippen LogP contribution in [-0.2, 0) is 20.6 Å². The molecule has 0 aliphatic carbocycles. The van der Waals surface area contributed by atoms with Crippen LogP contribution < -0.4 is 14.9 Å². The van der Waals surface area contributed by atoms with Crippen LogP contribution in [0.3, 0.4) is 0 Å². The van der Waals surface area contributed by atoms with Gasteiger partial charge in [0.2, 0.25) is 17.5 Å². The fourth-order valence-corrected chi connectivity index (χ4v) is 5.55. The highest BCUT2D eigenvalue weighted by Gasteiger charge is 2.50. The molecule has 1 aromatic heterocycles. The van der Waals surface area contributed by atoms with Crippen LogP contribution in [0, 0.1) is 0 Å². The maximum atomic E-state index is 14.2. The number of allylic oxidation sites excluding steroid dienone is 2. The lowest BCUT2D eigenvalue weighted by Crippen LogP contribution is -2.63. The number of hydrogen-bond acceptors (Lipinski definition) is 14. The number of aliphatic hydroxyl groups excluding tert-OH is 5. The highest BCUT2D eigenvalue weighted by Crippen LogP contribution is 2.41. The number of phenolic OH excluding ortho intramolecular Hbond substituents is 2. The van der Waals surface area contributed by atoms with Gasteiger partial charge in [0.15, 0.2) is 18.2 Å². The van der Waals surface area contributed by atoms with Gasteiger partial charge in [0.05, 0.1) is 19.3 Å². The molecule has 3 heterocycles. The van der Waals surface area contributed by atoms with Crippen molar-refractivity contribution in [2.24, 2.45) is 0 Å². The van der Waals surface area contributed by atoms with Gasteiger partial charge in [0.1, 0.15) is 58.7 Å². The first-order valence-corrected chi connectivity index (χ1v) is 15.1. The molecular weight excluding hydrogens is 620 g/mol. The van der Waals surface area contributed by atoms with Gasteiger partial charge in [-0.05, 0) is 58.4 Å². The summed E-state index contributed by atoms with van der Waals surface area (Å²) in [6.45, 7) is 6.61. The highest BCUT2D eigenvalue weighted by molar-refractivity contribution is 5.91. The van der Waals surface area contributed by atoms with Crippen molar-refractivity contribution in [3.63, 3.8) is 0 Å². The number of aliphatic hydroxyl groups is 5. The number of benzene rings is 2. The number of hydrogen-bond donors (Lipinski definition) is 7. The maximum absolute atomic E-state index is 14.2. The van der Waals surface area contributed by atoms with Crippen molar-refractivity contribution in [1.82, 2.24) is 0 Å². The molecule has 0 bridgehead atoms. The molecule has 0 unspecified atom stereocenters. The van der Waals surface area contributed by atoms with Crippen molar-refractivity contribution in [3.8, 4) is 34.3 Å². The third-order valence-electron chi connectivity index (χ3n) is 8.37. The molecule has 47 heavy (non-hydrogen) atoms. The smallest absolute Gasteiger partial charge is 0.239 e. The molecule has 10 atom stereocenters. The normalized spacial score (nSPS) is 31.0. The average Bonchev–Trinajstić information content (AvgIpc) is 3.03. The van der Waals surface area contributed by atoms with E-state index in [4.69, 9.17) is 28.1 Å². The number of ether oxygens (including phenoxy) is 5. The molecule has 5 rings (SSSR count). The first-order valence-electron chi connectivity index (χ1n) is 15.1. The van der Waals surface area contributed by atoms with E-state index in [1.54, 1.807) is 24.3 Å². The van der Waals surface area contributed by atoms with Gasteiger partial charge in [-0.2, -0.15) is 0 Å². The Morgan fingerprint density at radius 1 is 0.851 bits per heavy atom. The number of aromatic hydroxyl groups is 2. The topological polar surface area (TPSA) is 218 Å². The fourth-order valence-electron chi connectivity index (χ4n) is 5.55. The molecular formula is C33H40O14. The Bertz CT molecular complexity index is 1660. The molecule has 2 aliphatic heterocycles. The molecule has 3 aromatic rings. The van der Waals surface area contributed by atoms with E-state index in [0.29, 0.717) is 11.3 Å². The monoisotopic (exact) mass is 660 g/mol. The molecule has 14 heteroatoms. The third-order valence-corrected chi connectivity index (χ3v) is 8.37. The second kappa shape index (κ2) is 13.8. The van der Waals surface area contributed by atoms with Crippen LogP contribution in [-0.4, -0.2) is 104 Å². The van der Waals surface area contributed by atoms with Crippen molar-refractivity contribution in [3.05, 3.63) is 57.8 Å². The van der Waals surface area contributed by atoms with E-state index in [9.17, 15) is 40.5 Å². The van der Waals surface area contributed by atoms with Crippen molar-refractivity contribution in [1.29, 1.82) is 0 Å². The highest BCUT2D eigenvalue weighted by atomic mass is 16.8. The standard InChI is InChI=1S/C33H40O14/c1-13(2)6-11-18-19(34)12-20(35)21-24(38)30(28(45-29(18)21)16-7-9-17(42-5)10-8-16)46-33-31(26(40)23(37)15(4)44-33)47-32-27(41)25(39)22(36)14(3)43-32/h6-10,12,14-15,22-23,25-27,31-37,39-41H,11H2,1-5H3/t14-,15-,22+,23+,25-,26-,27-,31+,32+,33+/m1/s1. The van der Waals surface area contributed by atoms with Crippen molar-refractivity contribution >= 4 is 11.0 Å². The van der Waals surface area contributed by atoms with E-state index in [1.807, 2.05) is 19.9 Å². The minimum Gasteiger partial charge on any atom is -0.507 e. The van der Waals surface area contributed by atoms with Crippen molar-refractivity contribution < 1.29 is 63.8 Å². The zero-order valence-corrected chi connectivity index (χ0v) is 26.4. The van der Waals surface area contributed by atoms with Crippen molar-refractivity contribution in [2.45, 2.75) is 95.5 Å². The summed E-state index contributed by atoms with van der Waals surface area (Å²) >= 11 is 0. The molecule has 2 aliphatic rings. The molecule has 2 saturated heterocycles. The zero-order chi connectivity index (χ0) is 34.3. The number of methoxy groups -OCH3 is 1. The number of rotatable bonds is 8. The van der Waals surface area contributed by atoms with Gasteiger partial charge < -0.3 is 63.8 Å². The van der Waals surface area contributed by atoms with Gasteiger partial charge in [0.25, 0.3) is 0 Å². The summed E-state index contributed by atoms with van der Waals surface area (Å²) in [6, 6.07) is 7.43. The maximum Gasteiger partial charge on any atom is 0.239 e. The van der Waals surface area contributed by atoms with E-state index in [2.05, 4.69) is 0 Å². The molecule has 0 saturated carbocycles. The minimum atomic E-state index is -1.77. The van der Waals surface area contributed by atoms with Gasteiger partial charge >= 0.3 is 0 Å². The Hall–Kier alpha value is -3.73. The fraction of sp³-hybridized carbons (Fsp3) is 0.485. The zero-order valence-electron chi connectivity index (χ0n) is 26.4.